The molecule has 5 nitrogen and oxygen atoms in total. The van der Waals surface area contributed by atoms with Crippen molar-refractivity contribution in [1.82, 2.24) is 20.0 Å². The highest BCUT2D eigenvalue weighted by Crippen LogP contribution is 2.18. The normalized spacial score (nSPS) is 12.7. The van der Waals surface area contributed by atoms with Gasteiger partial charge in [0.1, 0.15) is 5.51 Å². The Kier molecular flexibility index (Phi) is 2.45. The van der Waals surface area contributed by atoms with Crippen LogP contribution >= 0.6 is 11.3 Å². The molecule has 0 spiro atoms. The van der Waals surface area contributed by atoms with Gasteiger partial charge in [-0.05, 0) is 6.92 Å². The van der Waals surface area contributed by atoms with E-state index in [1.807, 2.05) is 19.4 Å². The van der Waals surface area contributed by atoms with E-state index < -0.39 is 0 Å². The van der Waals surface area contributed by atoms with Gasteiger partial charge in [-0.3, -0.25) is 4.68 Å². The molecule has 0 saturated carbocycles. The molecule has 2 aromatic rings. The summed E-state index contributed by atoms with van der Waals surface area (Å²) in [6.07, 6.45) is 3.83. The third-order valence-corrected chi connectivity index (χ3v) is 2.55. The zero-order chi connectivity index (χ0) is 9.97. The van der Waals surface area contributed by atoms with E-state index in [9.17, 15) is 0 Å². The average molecular weight is 209 g/mol. The van der Waals surface area contributed by atoms with Crippen molar-refractivity contribution in [3.05, 3.63) is 23.5 Å². The molecule has 74 valence electrons. The average Bonchev–Trinajstić information content (AvgIpc) is 2.75. The van der Waals surface area contributed by atoms with Crippen molar-refractivity contribution in [3.8, 4) is 0 Å². The van der Waals surface area contributed by atoms with Crippen LogP contribution in [0, 0.1) is 0 Å². The predicted molar refractivity (Wildman–Crippen MR) is 55.2 cm³/mol. The van der Waals surface area contributed by atoms with Gasteiger partial charge >= 0.3 is 0 Å². The molecule has 0 aliphatic heterocycles. The summed E-state index contributed by atoms with van der Waals surface area (Å²) >= 11 is 1.49. The fourth-order valence-corrected chi connectivity index (χ4v) is 1.70. The van der Waals surface area contributed by atoms with Crippen LogP contribution in [0.15, 0.2) is 17.9 Å². The number of anilines is 1. The Labute approximate surface area is 85.8 Å². The molecular formula is C8H11N5S. The topological polar surface area (TPSA) is 55.6 Å². The number of rotatable bonds is 3. The SMILES string of the molecule is CC(Nc1nncs1)c1cnn(C)c1. The van der Waals surface area contributed by atoms with Crippen molar-refractivity contribution in [3.63, 3.8) is 0 Å². The van der Waals surface area contributed by atoms with Gasteiger partial charge in [-0.15, -0.1) is 10.2 Å². The number of hydrogen-bond acceptors (Lipinski definition) is 5. The number of hydrogen-bond donors (Lipinski definition) is 1. The summed E-state index contributed by atoms with van der Waals surface area (Å²) in [7, 11) is 1.90. The molecule has 0 amide bonds. The molecule has 6 heteroatoms. The minimum absolute atomic E-state index is 0.205. The monoisotopic (exact) mass is 209 g/mol. The summed E-state index contributed by atoms with van der Waals surface area (Å²) in [5, 5.41) is 15.9. The molecule has 0 fully saturated rings. The fourth-order valence-electron chi connectivity index (χ4n) is 1.17. The molecule has 0 radical (unpaired) electrons. The lowest BCUT2D eigenvalue weighted by molar-refractivity contribution is 0.765. The van der Waals surface area contributed by atoms with Crippen LogP contribution in [0.1, 0.15) is 18.5 Å². The molecule has 2 rings (SSSR count). The summed E-state index contributed by atoms with van der Waals surface area (Å²) in [6.45, 7) is 2.07. The Bertz CT molecular complexity index is 394. The Morgan fingerprint density at radius 2 is 2.43 bits per heavy atom. The molecule has 1 N–H and O–H groups in total. The Morgan fingerprint density at radius 1 is 1.57 bits per heavy atom. The minimum atomic E-state index is 0.205. The van der Waals surface area contributed by atoms with E-state index >= 15 is 0 Å². The fraction of sp³-hybridized carbons (Fsp3) is 0.375. The Morgan fingerprint density at radius 3 is 3.00 bits per heavy atom. The molecule has 0 aliphatic rings. The first-order valence-electron chi connectivity index (χ1n) is 4.27. The number of nitrogens with zero attached hydrogens (tertiary/aromatic N) is 4. The quantitative estimate of drug-likeness (QED) is 0.831. The van der Waals surface area contributed by atoms with Gasteiger partial charge in [0.2, 0.25) is 5.13 Å². The standard InChI is InChI=1S/C8H11N5S/c1-6(7-3-10-13(2)4-7)11-8-12-9-5-14-8/h3-6H,1-2H3,(H,11,12). The molecule has 2 aromatic heterocycles. The van der Waals surface area contributed by atoms with Crippen LogP contribution in [0.5, 0.6) is 0 Å². The van der Waals surface area contributed by atoms with Gasteiger partial charge in [-0.1, -0.05) is 11.3 Å². The highest BCUT2D eigenvalue weighted by atomic mass is 32.1. The second-order valence-corrected chi connectivity index (χ2v) is 3.89. The highest BCUT2D eigenvalue weighted by molar-refractivity contribution is 7.13. The van der Waals surface area contributed by atoms with E-state index in [1.165, 1.54) is 11.3 Å². The van der Waals surface area contributed by atoms with Crippen molar-refractivity contribution in [2.75, 3.05) is 5.32 Å². The maximum absolute atomic E-state index is 4.11. The summed E-state index contributed by atoms with van der Waals surface area (Å²) in [6, 6.07) is 0.205. The molecule has 1 unspecified atom stereocenters. The van der Waals surface area contributed by atoms with E-state index in [4.69, 9.17) is 0 Å². The maximum Gasteiger partial charge on any atom is 0.205 e. The van der Waals surface area contributed by atoms with Gasteiger partial charge in [0.05, 0.1) is 12.2 Å². The van der Waals surface area contributed by atoms with Crippen molar-refractivity contribution in [2.24, 2.45) is 7.05 Å². The van der Waals surface area contributed by atoms with Crippen LogP contribution in [-0.2, 0) is 7.05 Å². The third-order valence-electron chi connectivity index (χ3n) is 1.92. The van der Waals surface area contributed by atoms with Crippen LogP contribution in [-0.4, -0.2) is 20.0 Å². The van der Waals surface area contributed by atoms with Crippen LogP contribution in [0.3, 0.4) is 0 Å². The van der Waals surface area contributed by atoms with Crippen molar-refractivity contribution < 1.29 is 0 Å². The third kappa shape index (κ3) is 1.90. The van der Waals surface area contributed by atoms with Crippen LogP contribution in [0.2, 0.25) is 0 Å². The van der Waals surface area contributed by atoms with E-state index in [0.29, 0.717) is 0 Å². The van der Waals surface area contributed by atoms with Crippen molar-refractivity contribution >= 4 is 16.5 Å². The summed E-state index contributed by atoms with van der Waals surface area (Å²) in [4.78, 5) is 0. The predicted octanol–water partition coefficient (Wildman–Crippen LogP) is 1.44. The molecule has 14 heavy (non-hydrogen) atoms. The Balaban J connectivity index is 2.06. The maximum atomic E-state index is 4.11. The number of aromatic nitrogens is 4. The molecular weight excluding hydrogens is 198 g/mol. The van der Waals surface area contributed by atoms with Crippen LogP contribution in [0.4, 0.5) is 5.13 Å². The van der Waals surface area contributed by atoms with Crippen LogP contribution in [0.25, 0.3) is 0 Å². The van der Waals surface area contributed by atoms with Gasteiger partial charge < -0.3 is 5.32 Å². The second-order valence-electron chi connectivity index (χ2n) is 3.06. The first-order chi connectivity index (χ1) is 6.75. The first kappa shape index (κ1) is 9.14. The second kappa shape index (κ2) is 3.75. The zero-order valence-corrected chi connectivity index (χ0v) is 8.82. The van der Waals surface area contributed by atoms with E-state index in [-0.39, 0.29) is 6.04 Å². The van der Waals surface area contributed by atoms with Gasteiger partial charge in [0.25, 0.3) is 0 Å². The van der Waals surface area contributed by atoms with Gasteiger partial charge in [-0.2, -0.15) is 5.10 Å². The summed E-state index contributed by atoms with van der Waals surface area (Å²) in [5.74, 6) is 0. The lowest BCUT2D eigenvalue weighted by atomic mass is 10.2. The van der Waals surface area contributed by atoms with Crippen molar-refractivity contribution in [2.45, 2.75) is 13.0 Å². The number of aryl methyl sites for hydroxylation is 1. The lowest BCUT2D eigenvalue weighted by Gasteiger charge is -2.09. The molecule has 0 aliphatic carbocycles. The van der Waals surface area contributed by atoms with Gasteiger partial charge in [0, 0.05) is 18.8 Å². The smallest absolute Gasteiger partial charge is 0.205 e. The van der Waals surface area contributed by atoms with Crippen molar-refractivity contribution in [1.29, 1.82) is 0 Å². The van der Waals surface area contributed by atoms with E-state index in [0.717, 1.165) is 10.7 Å². The van der Waals surface area contributed by atoms with Gasteiger partial charge in [-0.25, -0.2) is 0 Å². The molecule has 2 heterocycles. The largest absolute Gasteiger partial charge is 0.353 e. The minimum Gasteiger partial charge on any atom is -0.353 e. The molecule has 1 atom stereocenters. The van der Waals surface area contributed by atoms with E-state index in [2.05, 4.69) is 27.5 Å². The van der Waals surface area contributed by atoms with Gasteiger partial charge in [0.15, 0.2) is 0 Å². The lowest BCUT2D eigenvalue weighted by Crippen LogP contribution is -2.05. The van der Waals surface area contributed by atoms with E-state index in [1.54, 1.807) is 10.2 Å². The Hall–Kier alpha value is -1.43. The molecule has 0 aromatic carbocycles. The first-order valence-corrected chi connectivity index (χ1v) is 5.15. The number of nitrogens with one attached hydrogen (secondary N) is 1. The summed E-state index contributed by atoms with van der Waals surface area (Å²) < 4.78 is 1.79. The summed E-state index contributed by atoms with van der Waals surface area (Å²) in [5.41, 5.74) is 2.85. The van der Waals surface area contributed by atoms with Crippen LogP contribution < -0.4 is 5.32 Å². The zero-order valence-electron chi connectivity index (χ0n) is 8.01. The highest BCUT2D eigenvalue weighted by Gasteiger charge is 2.08. The molecule has 0 bridgehead atoms. The molecule has 0 saturated heterocycles.